The molecule has 0 N–H and O–H groups in total. The third kappa shape index (κ3) is 7.46. The molecule has 5 aromatic carbocycles. The SMILES string of the molecule is CCC(C)c1ccc(C=Cc2ccc([SiH2]c3ccc(C=Cc4ccc(-c5ccc(C)cc5)cc4)cc3)cc2)cc1. The minimum absolute atomic E-state index is 0.491. The Labute approximate surface area is 242 Å². The molecule has 1 heteroatoms. The van der Waals surface area contributed by atoms with Crippen molar-refractivity contribution in [1.82, 2.24) is 0 Å². The van der Waals surface area contributed by atoms with Gasteiger partial charge in [-0.15, -0.1) is 0 Å². The fourth-order valence-electron chi connectivity index (χ4n) is 4.82. The van der Waals surface area contributed by atoms with Gasteiger partial charge in [0.05, 0.1) is 9.52 Å². The molecule has 198 valence electrons. The molecule has 0 radical (unpaired) electrons. The van der Waals surface area contributed by atoms with E-state index in [0.717, 1.165) is 0 Å². The highest BCUT2D eigenvalue weighted by Crippen LogP contribution is 2.21. The summed E-state index contributed by atoms with van der Waals surface area (Å²) in [5.74, 6) is 0.621. The van der Waals surface area contributed by atoms with Gasteiger partial charge < -0.3 is 0 Å². The molecule has 5 aromatic rings. The Morgan fingerprint density at radius 3 is 1.25 bits per heavy atom. The molecule has 0 nitrogen and oxygen atoms in total. The topological polar surface area (TPSA) is 0 Å². The van der Waals surface area contributed by atoms with E-state index in [9.17, 15) is 0 Å². The Morgan fingerprint density at radius 2 is 0.850 bits per heavy atom. The van der Waals surface area contributed by atoms with E-state index >= 15 is 0 Å². The Hall–Kier alpha value is -4.20. The van der Waals surface area contributed by atoms with Gasteiger partial charge in [-0.25, -0.2) is 0 Å². The zero-order chi connectivity index (χ0) is 27.7. The molecule has 5 rings (SSSR count). The second-order valence-corrected chi connectivity index (χ2v) is 12.8. The zero-order valence-electron chi connectivity index (χ0n) is 23.8. The smallest absolute Gasteiger partial charge is 0.0648 e. The Morgan fingerprint density at radius 1 is 0.500 bits per heavy atom. The third-order valence-electron chi connectivity index (χ3n) is 7.72. The van der Waals surface area contributed by atoms with E-state index in [4.69, 9.17) is 0 Å². The average Bonchev–Trinajstić information content (AvgIpc) is 3.01. The molecule has 0 heterocycles. The summed E-state index contributed by atoms with van der Waals surface area (Å²) in [7, 11) is -0.491. The fourth-order valence-corrected chi connectivity index (χ4v) is 6.23. The highest BCUT2D eigenvalue weighted by atomic mass is 28.2. The lowest BCUT2D eigenvalue weighted by atomic mass is 9.97. The first-order valence-electron chi connectivity index (χ1n) is 14.4. The molecule has 40 heavy (non-hydrogen) atoms. The summed E-state index contributed by atoms with van der Waals surface area (Å²) in [5, 5.41) is 2.93. The van der Waals surface area contributed by atoms with Gasteiger partial charge >= 0.3 is 0 Å². The van der Waals surface area contributed by atoms with Crippen LogP contribution in [0.2, 0.25) is 0 Å². The van der Waals surface area contributed by atoms with Crippen LogP contribution in [-0.2, 0) is 0 Å². The quantitative estimate of drug-likeness (QED) is 0.131. The monoisotopic (exact) mass is 534 g/mol. The molecule has 0 saturated carbocycles. The lowest BCUT2D eigenvalue weighted by molar-refractivity contribution is 0.733. The van der Waals surface area contributed by atoms with Gasteiger partial charge in [-0.1, -0.05) is 175 Å². The molecule has 0 aliphatic rings. The van der Waals surface area contributed by atoms with Gasteiger partial charge in [0.15, 0.2) is 0 Å². The second kappa shape index (κ2) is 13.2. The van der Waals surface area contributed by atoms with Crippen LogP contribution in [0.4, 0.5) is 0 Å². The van der Waals surface area contributed by atoms with Gasteiger partial charge in [0.1, 0.15) is 0 Å². The van der Waals surface area contributed by atoms with Crippen LogP contribution >= 0.6 is 0 Å². The summed E-state index contributed by atoms with van der Waals surface area (Å²) in [4.78, 5) is 0. The zero-order valence-corrected chi connectivity index (χ0v) is 25.3. The van der Waals surface area contributed by atoms with Crippen molar-refractivity contribution in [1.29, 1.82) is 0 Å². The summed E-state index contributed by atoms with van der Waals surface area (Å²) in [6.07, 6.45) is 9.98. The van der Waals surface area contributed by atoms with Crippen molar-refractivity contribution in [3.63, 3.8) is 0 Å². The molecule has 0 aliphatic heterocycles. The first-order chi connectivity index (χ1) is 19.6. The van der Waals surface area contributed by atoms with Crippen LogP contribution in [-0.4, -0.2) is 9.52 Å². The van der Waals surface area contributed by atoms with Gasteiger partial charge in [0.2, 0.25) is 0 Å². The van der Waals surface area contributed by atoms with Gasteiger partial charge in [-0.2, -0.15) is 0 Å². The van der Waals surface area contributed by atoms with Crippen molar-refractivity contribution < 1.29 is 0 Å². The Bertz CT molecular complexity index is 1550. The van der Waals surface area contributed by atoms with Crippen LogP contribution in [0.5, 0.6) is 0 Å². The maximum Gasteiger partial charge on any atom is 0.0875 e. The van der Waals surface area contributed by atoms with Crippen molar-refractivity contribution in [2.24, 2.45) is 0 Å². The summed E-state index contributed by atoms with van der Waals surface area (Å²) in [6.45, 7) is 6.65. The number of rotatable bonds is 9. The third-order valence-corrected chi connectivity index (χ3v) is 9.48. The van der Waals surface area contributed by atoms with E-state index < -0.39 is 9.52 Å². The summed E-state index contributed by atoms with van der Waals surface area (Å²) < 4.78 is 0. The van der Waals surface area contributed by atoms with Gasteiger partial charge in [0, 0.05) is 0 Å². The van der Waals surface area contributed by atoms with Crippen LogP contribution < -0.4 is 10.4 Å². The van der Waals surface area contributed by atoms with Crippen LogP contribution in [0.3, 0.4) is 0 Å². The highest BCUT2D eigenvalue weighted by molar-refractivity contribution is 6.67. The van der Waals surface area contributed by atoms with E-state index in [0.29, 0.717) is 5.92 Å². The highest BCUT2D eigenvalue weighted by Gasteiger charge is 2.02. The maximum atomic E-state index is 2.30. The fraction of sp³-hybridized carbons (Fsp3) is 0.128. The average molecular weight is 535 g/mol. The lowest BCUT2D eigenvalue weighted by Crippen LogP contribution is -2.26. The van der Waals surface area contributed by atoms with E-state index in [1.54, 1.807) is 0 Å². The largest absolute Gasteiger partial charge is 0.0875 e. The molecule has 0 spiro atoms. The molecule has 0 amide bonds. The van der Waals surface area contributed by atoms with Crippen molar-refractivity contribution in [2.75, 3.05) is 0 Å². The normalized spacial score (nSPS) is 12.6. The summed E-state index contributed by atoms with van der Waals surface area (Å²) >= 11 is 0. The van der Waals surface area contributed by atoms with Crippen molar-refractivity contribution in [3.05, 3.63) is 155 Å². The number of benzene rings is 5. The molecule has 0 saturated heterocycles. The molecular formula is C39H38Si. The van der Waals surface area contributed by atoms with Crippen LogP contribution in [0.15, 0.2) is 121 Å². The summed E-state index contributed by atoms with van der Waals surface area (Å²) in [5.41, 5.74) is 10.2. The molecule has 0 fully saturated rings. The standard InChI is InChI=1S/C39H38Si/c1-4-30(3)35-21-11-31(12-22-35)7-9-33-15-25-38(26-16-33)40-39-27-17-34(18-28-39)10-8-32-13-23-37(24-14-32)36-19-5-29(2)6-20-36/h5-28,30H,4,40H2,1-3H3. The molecule has 0 aromatic heterocycles. The van der Waals surface area contributed by atoms with Crippen LogP contribution in [0.1, 0.15) is 59.6 Å². The number of aryl methyl sites for hydroxylation is 1. The van der Waals surface area contributed by atoms with Gasteiger partial charge in [0.25, 0.3) is 0 Å². The molecule has 0 bridgehead atoms. The number of hydrogen-bond donors (Lipinski definition) is 0. The van der Waals surface area contributed by atoms with Crippen LogP contribution in [0, 0.1) is 6.92 Å². The second-order valence-electron chi connectivity index (χ2n) is 10.8. The van der Waals surface area contributed by atoms with Gasteiger partial charge in [-0.3, -0.25) is 0 Å². The predicted molar refractivity (Wildman–Crippen MR) is 180 cm³/mol. The first-order valence-corrected chi connectivity index (χ1v) is 15.8. The van der Waals surface area contributed by atoms with Crippen molar-refractivity contribution in [3.8, 4) is 11.1 Å². The lowest BCUT2D eigenvalue weighted by Gasteiger charge is -2.08. The molecular weight excluding hydrogens is 497 g/mol. The minimum Gasteiger partial charge on any atom is -0.0648 e. The van der Waals surface area contributed by atoms with E-state index in [1.165, 1.54) is 61.3 Å². The van der Waals surface area contributed by atoms with Crippen molar-refractivity contribution in [2.45, 2.75) is 33.1 Å². The molecule has 0 aliphatic carbocycles. The van der Waals surface area contributed by atoms with Gasteiger partial charge in [-0.05, 0) is 58.2 Å². The predicted octanol–water partition coefficient (Wildman–Crippen LogP) is 8.64. The Balaban J connectivity index is 1.15. The molecule has 1 atom stereocenters. The molecule has 1 unspecified atom stereocenters. The van der Waals surface area contributed by atoms with Crippen LogP contribution in [0.25, 0.3) is 35.4 Å². The van der Waals surface area contributed by atoms with Crippen molar-refractivity contribution >= 4 is 44.2 Å². The summed E-state index contributed by atoms with van der Waals surface area (Å²) in [6, 6.07) is 44.6. The number of hydrogen-bond acceptors (Lipinski definition) is 0. The van der Waals surface area contributed by atoms with E-state index in [-0.39, 0.29) is 0 Å². The first kappa shape index (κ1) is 27.4. The van der Waals surface area contributed by atoms with E-state index in [1.807, 2.05) is 0 Å². The maximum absolute atomic E-state index is 2.30. The minimum atomic E-state index is -0.491. The Kier molecular flexibility index (Phi) is 9.06. The van der Waals surface area contributed by atoms with E-state index in [2.05, 4.69) is 166 Å².